The van der Waals surface area contributed by atoms with E-state index in [1.807, 2.05) is 6.92 Å². The van der Waals surface area contributed by atoms with Crippen molar-refractivity contribution in [2.45, 2.75) is 32.4 Å². The van der Waals surface area contributed by atoms with Crippen molar-refractivity contribution < 1.29 is 8.42 Å². The average molecular weight is 234 g/mol. The highest BCUT2D eigenvalue weighted by Crippen LogP contribution is 2.36. The molecule has 0 bridgehead atoms. The quantitative estimate of drug-likeness (QED) is 0.677. The molecule has 2 N–H and O–H groups in total. The van der Waals surface area contributed by atoms with Crippen molar-refractivity contribution in [2.24, 2.45) is 11.8 Å². The van der Waals surface area contributed by atoms with Crippen LogP contribution in [0.5, 0.6) is 0 Å². The zero-order chi connectivity index (χ0) is 11.5. The Morgan fingerprint density at radius 1 is 1.47 bits per heavy atom. The third kappa shape index (κ3) is 4.09. The first kappa shape index (κ1) is 12.9. The van der Waals surface area contributed by atoms with E-state index in [0.29, 0.717) is 24.9 Å². The smallest absolute Gasteiger partial charge is 0.215 e. The SMILES string of the molecule is CCNCC(C)S(=O)(=O)NCC1CC1C. The van der Waals surface area contributed by atoms with Gasteiger partial charge in [0.05, 0.1) is 5.25 Å². The number of nitrogens with one attached hydrogen (secondary N) is 2. The van der Waals surface area contributed by atoms with Crippen LogP contribution in [0.3, 0.4) is 0 Å². The summed E-state index contributed by atoms with van der Waals surface area (Å²) in [5.41, 5.74) is 0. The molecule has 0 amide bonds. The number of rotatable bonds is 7. The standard InChI is InChI=1S/C10H22N2O2S/c1-4-11-6-9(3)15(13,14)12-7-10-5-8(10)2/h8-12H,4-7H2,1-3H3. The molecule has 3 unspecified atom stereocenters. The summed E-state index contributed by atoms with van der Waals surface area (Å²) in [4.78, 5) is 0. The lowest BCUT2D eigenvalue weighted by molar-refractivity contribution is 0.554. The Morgan fingerprint density at radius 2 is 2.07 bits per heavy atom. The van der Waals surface area contributed by atoms with E-state index in [0.717, 1.165) is 13.0 Å². The molecule has 5 heteroatoms. The van der Waals surface area contributed by atoms with E-state index in [2.05, 4.69) is 17.0 Å². The zero-order valence-corrected chi connectivity index (χ0v) is 10.6. The van der Waals surface area contributed by atoms with E-state index >= 15 is 0 Å². The number of hydrogen-bond acceptors (Lipinski definition) is 3. The van der Waals surface area contributed by atoms with Gasteiger partial charge < -0.3 is 5.32 Å². The van der Waals surface area contributed by atoms with Crippen LogP contribution in [-0.4, -0.2) is 33.3 Å². The second kappa shape index (κ2) is 5.27. The van der Waals surface area contributed by atoms with Crippen LogP contribution in [-0.2, 0) is 10.0 Å². The van der Waals surface area contributed by atoms with Crippen molar-refractivity contribution in [3.8, 4) is 0 Å². The summed E-state index contributed by atoms with van der Waals surface area (Å²) in [5.74, 6) is 1.25. The Hall–Kier alpha value is -0.130. The minimum absolute atomic E-state index is 0.355. The van der Waals surface area contributed by atoms with Gasteiger partial charge in [-0.05, 0) is 31.7 Å². The van der Waals surface area contributed by atoms with Gasteiger partial charge in [-0.1, -0.05) is 13.8 Å². The molecule has 15 heavy (non-hydrogen) atoms. The van der Waals surface area contributed by atoms with Gasteiger partial charge >= 0.3 is 0 Å². The molecular formula is C10H22N2O2S. The first-order valence-corrected chi connectivity index (χ1v) is 7.21. The summed E-state index contributed by atoms with van der Waals surface area (Å²) in [6.45, 7) is 7.80. The van der Waals surface area contributed by atoms with E-state index in [4.69, 9.17) is 0 Å². The Balaban J connectivity index is 2.30. The van der Waals surface area contributed by atoms with Crippen molar-refractivity contribution in [3.63, 3.8) is 0 Å². The van der Waals surface area contributed by atoms with Crippen LogP contribution in [0.1, 0.15) is 27.2 Å². The van der Waals surface area contributed by atoms with Gasteiger partial charge in [0.25, 0.3) is 0 Å². The van der Waals surface area contributed by atoms with Crippen molar-refractivity contribution in [3.05, 3.63) is 0 Å². The van der Waals surface area contributed by atoms with Crippen molar-refractivity contribution in [2.75, 3.05) is 19.6 Å². The van der Waals surface area contributed by atoms with E-state index in [-0.39, 0.29) is 5.25 Å². The minimum Gasteiger partial charge on any atom is -0.316 e. The van der Waals surface area contributed by atoms with Gasteiger partial charge in [-0.3, -0.25) is 0 Å². The average Bonchev–Trinajstić information content (AvgIpc) is 2.88. The van der Waals surface area contributed by atoms with Crippen molar-refractivity contribution >= 4 is 10.0 Å². The Bertz CT molecular complexity index is 290. The fourth-order valence-corrected chi connectivity index (χ4v) is 2.57. The van der Waals surface area contributed by atoms with Crippen LogP contribution in [0.25, 0.3) is 0 Å². The molecule has 0 saturated heterocycles. The molecular weight excluding hydrogens is 212 g/mol. The number of sulfonamides is 1. The lowest BCUT2D eigenvalue weighted by Crippen LogP contribution is -2.39. The molecule has 1 saturated carbocycles. The van der Waals surface area contributed by atoms with Crippen LogP contribution in [0.2, 0.25) is 0 Å². The molecule has 0 aromatic heterocycles. The van der Waals surface area contributed by atoms with Gasteiger partial charge in [-0.2, -0.15) is 0 Å². The third-order valence-electron chi connectivity index (χ3n) is 3.03. The fourth-order valence-electron chi connectivity index (χ4n) is 1.51. The normalized spacial score (nSPS) is 27.7. The van der Waals surface area contributed by atoms with Crippen LogP contribution in [0.15, 0.2) is 0 Å². The summed E-state index contributed by atoms with van der Waals surface area (Å²) < 4.78 is 26.1. The molecule has 0 heterocycles. The fraction of sp³-hybridized carbons (Fsp3) is 1.00. The molecule has 3 atom stereocenters. The molecule has 0 aliphatic heterocycles. The van der Waals surface area contributed by atoms with Gasteiger partial charge in [0, 0.05) is 13.1 Å². The van der Waals surface area contributed by atoms with E-state index in [1.54, 1.807) is 6.92 Å². The zero-order valence-electron chi connectivity index (χ0n) is 9.79. The topological polar surface area (TPSA) is 58.2 Å². The lowest BCUT2D eigenvalue weighted by atomic mass is 10.3. The van der Waals surface area contributed by atoms with Gasteiger partial charge in [0.1, 0.15) is 0 Å². The predicted molar refractivity (Wildman–Crippen MR) is 62.2 cm³/mol. The first-order chi connectivity index (χ1) is 6.97. The maximum Gasteiger partial charge on any atom is 0.215 e. The molecule has 0 radical (unpaired) electrons. The highest BCUT2D eigenvalue weighted by atomic mass is 32.2. The van der Waals surface area contributed by atoms with E-state index in [9.17, 15) is 8.42 Å². The van der Waals surface area contributed by atoms with Crippen LogP contribution < -0.4 is 10.0 Å². The van der Waals surface area contributed by atoms with Gasteiger partial charge in [0.15, 0.2) is 0 Å². The Morgan fingerprint density at radius 3 is 2.53 bits per heavy atom. The summed E-state index contributed by atoms with van der Waals surface area (Å²) in [5, 5.41) is 2.69. The molecule has 0 spiro atoms. The molecule has 0 aromatic rings. The highest BCUT2D eigenvalue weighted by Gasteiger charge is 2.33. The molecule has 1 fully saturated rings. The maximum atomic E-state index is 11.7. The summed E-state index contributed by atoms with van der Waals surface area (Å²) >= 11 is 0. The molecule has 4 nitrogen and oxygen atoms in total. The van der Waals surface area contributed by atoms with Gasteiger partial charge in [-0.15, -0.1) is 0 Å². The Labute approximate surface area is 92.9 Å². The van der Waals surface area contributed by atoms with E-state index in [1.165, 1.54) is 0 Å². The summed E-state index contributed by atoms with van der Waals surface area (Å²) in [6.07, 6.45) is 1.16. The molecule has 1 rings (SSSR count). The maximum absolute atomic E-state index is 11.7. The summed E-state index contributed by atoms with van der Waals surface area (Å²) in [6, 6.07) is 0. The largest absolute Gasteiger partial charge is 0.316 e. The van der Waals surface area contributed by atoms with Gasteiger partial charge in [0.2, 0.25) is 10.0 Å². The first-order valence-electron chi connectivity index (χ1n) is 5.66. The third-order valence-corrected chi connectivity index (χ3v) is 4.83. The highest BCUT2D eigenvalue weighted by molar-refractivity contribution is 7.90. The van der Waals surface area contributed by atoms with Crippen LogP contribution in [0, 0.1) is 11.8 Å². The van der Waals surface area contributed by atoms with Crippen molar-refractivity contribution in [1.29, 1.82) is 0 Å². The second-order valence-corrected chi connectivity index (χ2v) is 6.67. The molecule has 1 aliphatic carbocycles. The number of hydrogen-bond donors (Lipinski definition) is 2. The molecule has 90 valence electrons. The van der Waals surface area contributed by atoms with Crippen molar-refractivity contribution in [1.82, 2.24) is 10.0 Å². The molecule has 1 aliphatic rings. The monoisotopic (exact) mass is 234 g/mol. The Kier molecular flexibility index (Phi) is 4.55. The van der Waals surface area contributed by atoms with Crippen LogP contribution >= 0.6 is 0 Å². The second-order valence-electron chi connectivity index (χ2n) is 4.48. The van der Waals surface area contributed by atoms with E-state index < -0.39 is 10.0 Å². The summed E-state index contributed by atoms with van der Waals surface area (Å²) in [7, 11) is -3.12. The van der Waals surface area contributed by atoms with Gasteiger partial charge in [-0.25, -0.2) is 13.1 Å². The van der Waals surface area contributed by atoms with Crippen LogP contribution in [0.4, 0.5) is 0 Å². The lowest BCUT2D eigenvalue weighted by Gasteiger charge is -2.13. The minimum atomic E-state index is -3.12. The molecule has 0 aromatic carbocycles. The predicted octanol–water partition coefficient (Wildman–Crippen LogP) is 0.560.